The minimum atomic E-state index is -0.575. The van der Waals surface area contributed by atoms with Gasteiger partial charge in [-0.1, -0.05) is 41.4 Å². The molecule has 0 amide bonds. The zero-order valence-corrected chi connectivity index (χ0v) is 19.8. The van der Waals surface area contributed by atoms with Gasteiger partial charge in [0.1, 0.15) is 5.75 Å². The van der Waals surface area contributed by atoms with Crippen LogP contribution in [-0.2, 0) is 6.42 Å². The Morgan fingerprint density at radius 2 is 1.66 bits per heavy atom. The first kappa shape index (κ1) is 23.0. The Balaban J connectivity index is 1.12. The first-order chi connectivity index (χ1) is 15.5. The molecule has 32 heavy (non-hydrogen) atoms. The van der Waals surface area contributed by atoms with Crippen LogP contribution in [0.2, 0.25) is 10.0 Å². The first-order valence-electron chi connectivity index (χ1n) is 11.0. The minimum Gasteiger partial charge on any atom is -0.494 e. The summed E-state index contributed by atoms with van der Waals surface area (Å²) in [6.07, 6.45) is 2.82. The maximum Gasteiger partial charge on any atom is 0.196 e. The van der Waals surface area contributed by atoms with Crippen molar-refractivity contribution < 1.29 is 4.74 Å². The Morgan fingerprint density at radius 3 is 2.38 bits per heavy atom. The monoisotopic (exact) mass is 474 g/mol. The maximum atomic E-state index is 6.37. The summed E-state index contributed by atoms with van der Waals surface area (Å²) < 4.78 is 5.91. The number of benzene rings is 2. The van der Waals surface area contributed by atoms with Crippen molar-refractivity contribution >= 4 is 28.9 Å². The smallest absolute Gasteiger partial charge is 0.196 e. The third kappa shape index (κ3) is 5.97. The van der Waals surface area contributed by atoms with Gasteiger partial charge in [-0.15, -0.1) is 10.2 Å². The molecule has 2 aromatic rings. The largest absolute Gasteiger partial charge is 0.494 e. The highest BCUT2D eigenvalue weighted by Gasteiger charge is 2.27. The maximum absolute atomic E-state index is 6.37. The normalized spacial score (nSPS) is 17.8. The lowest BCUT2D eigenvalue weighted by atomic mass is 10.0. The Kier molecular flexibility index (Phi) is 7.60. The van der Waals surface area contributed by atoms with Gasteiger partial charge in [-0.25, -0.2) is 0 Å². The molecule has 0 atom stereocenters. The van der Waals surface area contributed by atoms with Crippen molar-refractivity contribution in [1.82, 2.24) is 4.90 Å². The molecule has 0 N–H and O–H groups in total. The van der Waals surface area contributed by atoms with E-state index in [1.807, 2.05) is 37.3 Å². The number of nitrogens with zero attached hydrogens (tertiary/aromatic N) is 6. The van der Waals surface area contributed by atoms with Gasteiger partial charge in [-0.05, 0) is 66.6 Å². The highest BCUT2D eigenvalue weighted by molar-refractivity contribution is 6.43. The van der Waals surface area contributed by atoms with E-state index in [2.05, 4.69) is 42.6 Å². The number of unbranched alkanes of at least 4 members (excludes halogenated alkanes) is 1. The van der Waals surface area contributed by atoms with Crippen LogP contribution in [-0.4, -0.2) is 49.9 Å². The van der Waals surface area contributed by atoms with Crippen LogP contribution in [0.3, 0.4) is 0 Å². The van der Waals surface area contributed by atoms with Crippen molar-refractivity contribution in [3.63, 3.8) is 0 Å². The van der Waals surface area contributed by atoms with Crippen LogP contribution in [0.25, 0.3) is 0 Å². The van der Waals surface area contributed by atoms with Crippen molar-refractivity contribution in [3.8, 4) is 5.75 Å². The molecule has 0 radical (unpaired) electrons. The first-order valence-corrected chi connectivity index (χ1v) is 11.8. The van der Waals surface area contributed by atoms with E-state index in [1.54, 1.807) is 0 Å². The van der Waals surface area contributed by atoms with Gasteiger partial charge < -0.3 is 9.64 Å². The van der Waals surface area contributed by atoms with Gasteiger partial charge >= 0.3 is 0 Å². The number of ether oxygens (including phenoxy) is 1. The van der Waals surface area contributed by atoms with E-state index >= 15 is 0 Å². The van der Waals surface area contributed by atoms with Crippen LogP contribution in [0.1, 0.15) is 25.3 Å². The molecule has 0 aromatic heterocycles. The fourth-order valence-corrected chi connectivity index (χ4v) is 4.41. The van der Waals surface area contributed by atoms with Gasteiger partial charge in [0.25, 0.3) is 0 Å². The predicted octanol–water partition coefficient (Wildman–Crippen LogP) is 6.07. The van der Waals surface area contributed by atoms with E-state index < -0.39 is 5.66 Å². The summed E-state index contributed by atoms with van der Waals surface area (Å²) in [7, 11) is 0. The molecule has 0 aliphatic carbocycles. The van der Waals surface area contributed by atoms with E-state index in [-0.39, 0.29) is 0 Å². The topological polar surface area (TPSA) is 65.2 Å². The van der Waals surface area contributed by atoms with Crippen LogP contribution in [0.5, 0.6) is 5.75 Å². The van der Waals surface area contributed by atoms with Gasteiger partial charge in [0.2, 0.25) is 0 Å². The zero-order valence-electron chi connectivity index (χ0n) is 18.3. The van der Waals surface area contributed by atoms with Gasteiger partial charge in [0.15, 0.2) is 5.66 Å². The van der Waals surface area contributed by atoms with E-state index in [9.17, 15) is 0 Å². The molecule has 2 heterocycles. The molecule has 2 aromatic carbocycles. The van der Waals surface area contributed by atoms with Crippen molar-refractivity contribution in [1.29, 1.82) is 0 Å². The summed E-state index contributed by atoms with van der Waals surface area (Å²) in [4.78, 5) is 4.82. The molecular weight excluding hydrogens is 447 g/mol. The molecule has 0 bridgehead atoms. The molecule has 0 saturated carbocycles. The second-order valence-corrected chi connectivity index (χ2v) is 9.16. The van der Waals surface area contributed by atoms with Gasteiger partial charge in [-0.2, -0.15) is 0 Å². The lowest BCUT2D eigenvalue weighted by Gasteiger charge is -2.36. The third-order valence-corrected chi connectivity index (χ3v) is 6.61. The fourth-order valence-electron chi connectivity index (χ4n) is 3.99. The van der Waals surface area contributed by atoms with E-state index in [0.29, 0.717) is 16.5 Å². The van der Waals surface area contributed by atoms with Crippen molar-refractivity contribution in [2.45, 2.75) is 31.8 Å². The SMILES string of the molecule is CC1(Cc2ccc(OCCCCN3CCN(c4cccc(Cl)c4Cl)CC3)cc2)N=NN=N1. The highest BCUT2D eigenvalue weighted by Crippen LogP contribution is 2.33. The molecule has 9 heteroatoms. The molecule has 1 saturated heterocycles. The van der Waals surface area contributed by atoms with Gasteiger partial charge in [-0.3, -0.25) is 4.90 Å². The minimum absolute atomic E-state index is 0.575. The van der Waals surface area contributed by atoms with Gasteiger partial charge in [0.05, 0.1) is 22.3 Å². The number of halogens is 2. The molecule has 4 rings (SSSR count). The lowest BCUT2D eigenvalue weighted by Crippen LogP contribution is -2.46. The van der Waals surface area contributed by atoms with Crippen molar-refractivity contribution in [2.24, 2.45) is 20.7 Å². The lowest BCUT2D eigenvalue weighted by molar-refractivity contribution is 0.238. The van der Waals surface area contributed by atoms with E-state index in [1.165, 1.54) is 0 Å². The summed E-state index contributed by atoms with van der Waals surface area (Å²) >= 11 is 12.5. The second kappa shape index (κ2) is 10.6. The molecule has 1 fully saturated rings. The zero-order chi connectivity index (χ0) is 22.4. The number of anilines is 1. The summed E-state index contributed by atoms with van der Waals surface area (Å²) in [5.41, 5.74) is 1.59. The molecular formula is C23H28Cl2N6O. The van der Waals surface area contributed by atoms with Crippen LogP contribution >= 0.6 is 23.2 Å². The van der Waals surface area contributed by atoms with Crippen molar-refractivity contribution in [2.75, 3.05) is 44.2 Å². The summed E-state index contributed by atoms with van der Waals surface area (Å²) in [5.74, 6) is 0.889. The van der Waals surface area contributed by atoms with Crippen LogP contribution in [0, 0.1) is 0 Å². The fraction of sp³-hybridized carbons (Fsp3) is 0.478. The van der Waals surface area contributed by atoms with Crippen LogP contribution in [0.15, 0.2) is 63.1 Å². The average Bonchev–Trinajstić information content (AvgIpc) is 3.23. The summed E-state index contributed by atoms with van der Waals surface area (Å²) in [6, 6.07) is 13.9. The van der Waals surface area contributed by atoms with Crippen molar-refractivity contribution in [3.05, 3.63) is 58.1 Å². The molecule has 2 aliphatic rings. The van der Waals surface area contributed by atoms with E-state index in [4.69, 9.17) is 27.9 Å². The highest BCUT2D eigenvalue weighted by atomic mass is 35.5. The molecule has 2 aliphatic heterocycles. The van der Waals surface area contributed by atoms with Crippen LogP contribution in [0.4, 0.5) is 5.69 Å². The molecule has 7 nitrogen and oxygen atoms in total. The number of piperazine rings is 1. The third-order valence-electron chi connectivity index (χ3n) is 5.80. The quantitative estimate of drug-likeness (QED) is 0.414. The average molecular weight is 475 g/mol. The number of hydrogen-bond donors (Lipinski definition) is 0. The standard InChI is InChI=1S/C23H28Cl2N6O/c1-23(26-28-29-27-23)17-18-7-9-19(10-8-18)32-16-3-2-11-30-12-14-31(15-13-30)21-6-4-5-20(24)22(21)25/h4-10H,2-3,11-17H2,1H3. The number of rotatable bonds is 9. The molecule has 0 spiro atoms. The second-order valence-electron chi connectivity index (χ2n) is 8.37. The van der Waals surface area contributed by atoms with E-state index in [0.717, 1.165) is 69.2 Å². The number of hydrogen-bond acceptors (Lipinski definition) is 7. The Morgan fingerprint density at radius 1 is 0.938 bits per heavy atom. The summed E-state index contributed by atoms with van der Waals surface area (Å²) in [6.45, 7) is 7.71. The van der Waals surface area contributed by atoms with Crippen LogP contribution < -0.4 is 9.64 Å². The Labute approximate surface area is 199 Å². The predicted molar refractivity (Wildman–Crippen MR) is 128 cm³/mol. The molecule has 170 valence electrons. The van der Waals surface area contributed by atoms with Gasteiger partial charge in [0, 0.05) is 32.6 Å². The Bertz CT molecular complexity index is 945. The Hall–Kier alpha value is -2.22. The summed E-state index contributed by atoms with van der Waals surface area (Å²) in [5, 5.41) is 16.6. The molecule has 0 unspecified atom stereocenters.